The molecule has 0 aliphatic heterocycles. The minimum absolute atomic E-state index is 0.00650. The van der Waals surface area contributed by atoms with Crippen molar-refractivity contribution in [3.8, 4) is 11.5 Å². The highest BCUT2D eigenvalue weighted by molar-refractivity contribution is 6.31. The molecule has 1 saturated carbocycles. The average Bonchev–Trinajstić information content (AvgIpc) is 2.89. The van der Waals surface area contributed by atoms with Crippen LogP contribution in [-0.2, 0) is 4.79 Å². The first kappa shape index (κ1) is 26.8. The van der Waals surface area contributed by atoms with Crippen molar-refractivity contribution in [1.29, 1.82) is 0 Å². The van der Waals surface area contributed by atoms with Gasteiger partial charge in [0.15, 0.2) is 17.3 Å². The lowest BCUT2D eigenvalue weighted by molar-refractivity contribution is -0.141. The number of nitrogens with one attached hydrogen (secondary N) is 3. The zero-order chi connectivity index (χ0) is 26.4. The maximum absolute atomic E-state index is 14.5. The van der Waals surface area contributed by atoms with Crippen molar-refractivity contribution >= 4 is 40.0 Å². The Morgan fingerprint density at radius 2 is 1.97 bits per heavy atom. The van der Waals surface area contributed by atoms with Crippen molar-refractivity contribution in [2.75, 3.05) is 32.6 Å². The molecule has 37 heavy (non-hydrogen) atoms. The molecule has 198 valence electrons. The summed E-state index contributed by atoms with van der Waals surface area (Å²) in [5, 5.41) is 19.5. The summed E-state index contributed by atoms with van der Waals surface area (Å²) >= 11 is 5.93. The molecular weight excluding hydrogens is 501 g/mol. The fraction of sp³-hybridized carbons (Fsp3) is 0.423. The first-order valence-electron chi connectivity index (χ1n) is 12.2. The Kier molecular flexibility index (Phi) is 8.96. The van der Waals surface area contributed by atoms with E-state index in [1.807, 2.05) is 7.05 Å². The van der Waals surface area contributed by atoms with Gasteiger partial charge in [-0.05, 0) is 56.8 Å². The lowest BCUT2D eigenvalue weighted by Gasteiger charge is -2.33. The van der Waals surface area contributed by atoms with E-state index in [9.17, 15) is 14.3 Å². The summed E-state index contributed by atoms with van der Waals surface area (Å²) in [6, 6.07) is 7.65. The van der Waals surface area contributed by atoms with Crippen molar-refractivity contribution in [2.24, 2.45) is 5.92 Å². The molecule has 0 bridgehead atoms. The quantitative estimate of drug-likeness (QED) is 0.267. The second-order valence-corrected chi connectivity index (χ2v) is 9.40. The predicted octanol–water partition coefficient (Wildman–Crippen LogP) is 4.37. The van der Waals surface area contributed by atoms with Crippen LogP contribution in [-0.4, -0.2) is 60.4 Å². The van der Waals surface area contributed by atoms with Gasteiger partial charge in [0.1, 0.15) is 18.2 Å². The topological polar surface area (TPSA) is 118 Å². The van der Waals surface area contributed by atoms with Crippen molar-refractivity contribution in [2.45, 2.75) is 37.8 Å². The van der Waals surface area contributed by atoms with Crippen molar-refractivity contribution in [3.05, 3.63) is 47.5 Å². The van der Waals surface area contributed by atoms with Gasteiger partial charge in [-0.1, -0.05) is 17.7 Å². The van der Waals surface area contributed by atoms with E-state index in [1.54, 1.807) is 31.4 Å². The summed E-state index contributed by atoms with van der Waals surface area (Å²) in [5.41, 5.74) is 0.796. The van der Waals surface area contributed by atoms with Crippen LogP contribution in [0, 0.1) is 11.7 Å². The SMILES string of the molecule is CNCCN[C@H](C(=O)O)C1CCC(Oc2cc3c(Nc4cccc(Cl)c4F)ncnc3cc2OC)CC1. The van der Waals surface area contributed by atoms with Gasteiger partial charge in [0.25, 0.3) is 0 Å². The van der Waals surface area contributed by atoms with Crippen LogP contribution < -0.4 is 25.4 Å². The van der Waals surface area contributed by atoms with E-state index in [0.29, 0.717) is 54.2 Å². The van der Waals surface area contributed by atoms with Crippen LogP contribution >= 0.6 is 11.6 Å². The zero-order valence-corrected chi connectivity index (χ0v) is 21.5. The Balaban J connectivity index is 1.51. The maximum Gasteiger partial charge on any atom is 0.320 e. The molecule has 3 aromatic rings. The Morgan fingerprint density at radius 3 is 2.68 bits per heavy atom. The maximum atomic E-state index is 14.5. The monoisotopic (exact) mass is 531 g/mol. The van der Waals surface area contributed by atoms with E-state index in [-0.39, 0.29) is 22.7 Å². The van der Waals surface area contributed by atoms with Gasteiger partial charge in [0, 0.05) is 24.5 Å². The molecule has 0 unspecified atom stereocenters. The van der Waals surface area contributed by atoms with E-state index in [4.69, 9.17) is 21.1 Å². The Hall–Kier alpha value is -3.21. The normalized spacial score (nSPS) is 18.4. The first-order valence-corrected chi connectivity index (χ1v) is 12.6. The summed E-state index contributed by atoms with van der Waals surface area (Å²) in [6.45, 7) is 1.30. The number of hydrogen-bond donors (Lipinski definition) is 4. The van der Waals surface area contributed by atoms with Gasteiger partial charge in [-0.3, -0.25) is 4.79 Å². The molecule has 1 aliphatic rings. The summed E-state index contributed by atoms with van der Waals surface area (Å²) in [6.07, 6.45) is 4.18. The summed E-state index contributed by atoms with van der Waals surface area (Å²) in [7, 11) is 3.39. The van der Waals surface area contributed by atoms with Crippen LogP contribution in [0.15, 0.2) is 36.7 Å². The Labute approximate surface area is 219 Å². The van der Waals surface area contributed by atoms with Gasteiger partial charge in [0.05, 0.1) is 29.4 Å². The molecule has 9 nitrogen and oxygen atoms in total. The lowest BCUT2D eigenvalue weighted by atomic mass is 9.82. The molecule has 0 amide bonds. The molecule has 0 spiro atoms. The number of likely N-dealkylation sites (N-methyl/N-ethyl adjacent to an activating group) is 1. The van der Waals surface area contributed by atoms with Gasteiger partial charge in [-0.2, -0.15) is 0 Å². The van der Waals surface area contributed by atoms with Crippen LogP contribution in [0.3, 0.4) is 0 Å². The molecule has 1 fully saturated rings. The van der Waals surface area contributed by atoms with Crippen LogP contribution in [0.4, 0.5) is 15.9 Å². The van der Waals surface area contributed by atoms with Crippen molar-refractivity contribution in [1.82, 2.24) is 20.6 Å². The van der Waals surface area contributed by atoms with Gasteiger partial charge in [-0.15, -0.1) is 0 Å². The number of methoxy groups -OCH3 is 1. The number of aliphatic carboxylic acids is 1. The fourth-order valence-corrected chi connectivity index (χ4v) is 4.85. The minimum Gasteiger partial charge on any atom is -0.493 e. The standard InChI is InChI=1S/C26H31ClFN5O4/c1-29-10-11-30-24(26(34)35)15-6-8-16(9-7-15)37-22-12-17-20(13-21(22)36-2)31-14-32-25(17)33-19-5-3-4-18(27)23(19)28/h3-5,12-16,24,29-30H,6-11H2,1-2H3,(H,34,35)(H,31,32,33)/t15?,16?,24-/m0/s1. The number of carboxylic acid groups (broad SMARTS) is 1. The Morgan fingerprint density at radius 1 is 1.19 bits per heavy atom. The summed E-state index contributed by atoms with van der Waals surface area (Å²) in [5.74, 6) is 0.0737. The molecule has 0 radical (unpaired) electrons. The Bertz CT molecular complexity index is 1240. The van der Waals surface area contributed by atoms with Gasteiger partial charge in [0.2, 0.25) is 0 Å². The molecule has 1 heterocycles. The number of halogens is 2. The van der Waals surface area contributed by atoms with E-state index in [0.717, 1.165) is 12.8 Å². The highest BCUT2D eigenvalue weighted by Crippen LogP contribution is 2.38. The molecule has 11 heteroatoms. The third-order valence-electron chi connectivity index (χ3n) is 6.61. The fourth-order valence-electron chi connectivity index (χ4n) is 4.67. The van der Waals surface area contributed by atoms with Gasteiger partial charge in [-0.25, -0.2) is 14.4 Å². The number of carboxylic acids is 1. The predicted molar refractivity (Wildman–Crippen MR) is 141 cm³/mol. The third kappa shape index (κ3) is 6.38. The van der Waals surface area contributed by atoms with Crippen molar-refractivity contribution < 1.29 is 23.8 Å². The zero-order valence-electron chi connectivity index (χ0n) is 20.8. The van der Waals surface area contributed by atoms with E-state index < -0.39 is 17.8 Å². The van der Waals surface area contributed by atoms with Crippen LogP contribution in [0.5, 0.6) is 11.5 Å². The summed E-state index contributed by atoms with van der Waals surface area (Å²) in [4.78, 5) is 20.4. The van der Waals surface area contributed by atoms with Crippen LogP contribution in [0.1, 0.15) is 25.7 Å². The molecule has 1 aromatic heterocycles. The lowest BCUT2D eigenvalue weighted by Crippen LogP contribution is -2.46. The number of rotatable bonds is 11. The molecule has 2 aromatic carbocycles. The largest absolute Gasteiger partial charge is 0.493 e. The minimum atomic E-state index is -0.826. The number of carbonyl (C=O) groups is 1. The second-order valence-electron chi connectivity index (χ2n) is 9.00. The average molecular weight is 532 g/mol. The number of anilines is 2. The van der Waals surface area contributed by atoms with E-state index in [2.05, 4.69) is 25.9 Å². The molecule has 4 rings (SSSR count). The van der Waals surface area contributed by atoms with Gasteiger partial charge < -0.3 is 30.5 Å². The number of aromatic nitrogens is 2. The van der Waals surface area contributed by atoms with Gasteiger partial charge >= 0.3 is 5.97 Å². The van der Waals surface area contributed by atoms with Crippen LogP contribution in [0.25, 0.3) is 10.9 Å². The molecular formula is C26H31ClFN5O4. The number of nitrogens with zero attached hydrogens (tertiary/aromatic N) is 2. The number of fused-ring (bicyclic) bond motifs is 1. The van der Waals surface area contributed by atoms with Crippen LogP contribution in [0.2, 0.25) is 5.02 Å². The van der Waals surface area contributed by atoms with E-state index in [1.165, 1.54) is 12.4 Å². The highest BCUT2D eigenvalue weighted by Gasteiger charge is 2.32. The third-order valence-corrected chi connectivity index (χ3v) is 6.91. The number of hydrogen-bond acceptors (Lipinski definition) is 8. The molecule has 4 N–H and O–H groups in total. The highest BCUT2D eigenvalue weighted by atomic mass is 35.5. The molecule has 1 atom stereocenters. The molecule has 0 saturated heterocycles. The number of benzene rings is 2. The summed E-state index contributed by atoms with van der Waals surface area (Å²) < 4.78 is 26.4. The van der Waals surface area contributed by atoms with E-state index >= 15 is 0 Å². The van der Waals surface area contributed by atoms with Crippen molar-refractivity contribution in [3.63, 3.8) is 0 Å². The molecule has 1 aliphatic carbocycles. The number of ether oxygens (including phenoxy) is 2. The smallest absolute Gasteiger partial charge is 0.320 e. The first-order chi connectivity index (χ1) is 17.9. The second kappa shape index (κ2) is 12.4.